The van der Waals surface area contributed by atoms with Crippen molar-refractivity contribution in [3.8, 4) is 5.75 Å². The van der Waals surface area contributed by atoms with Crippen LogP contribution in [0, 0.1) is 5.41 Å². The summed E-state index contributed by atoms with van der Waals surface area (Å²) in [5, 5.41) is 19.4. The number of ether oxygens (including phenoxy) is 1. The van der Waals surface area contributed by atoms with E-state index in [1.54, 1.807) is 0 Å². The van der Waals surface area contributed by atoms with Gasteiger partial charge in [0, 0.05) is 0 Å². The van der Waals surface area contributed by atoms with Gasteiger partial charge in [-0.05, 0) is 87.8 Å². The minimum atomic E-state index is -0.608. The monoisotopic (exact) mass is 430 g/mol. The first-order chi connectivity index (χ1) is 15.0. The highest BCUT2D eigenvalue weighted by Crippen LogP contribution is 2.50. The zero-order valence-electron chi connectivity index (χ0n) is 18.7. The van der Waals surface area contributed by atoms with Gasteiger partial charge in [-0.2, -0.15) is 0 Å². The number of aliphatic carboxylic acids is 1. The van der Waals surface area contributed by atoms with E-state index in [1.807, 2.05) is 12.1 Å². The fourth-order valence-electron chi connectivity index (χ4n) is 4.65. The van der Waals surface area contributed by atoms with Crippen LogP contribution in [0.4, 0.5) is 0 Å². The molecule has 0 aromatic heterocycles. The Hall–Kier alpha value is -2.04. The average Bonchev–Trinajstić information content (AvgIpc) is 3.67. The molecule has 0 saturated heterocycles. The van der Waals surface area contributed by atoms with Crippen LogP contribution in [0.1, 0.15) is 101 Å². The van der Waals surface area contributed by atoms with Gasteiger partial charge >= 0.3 is 5.97 Å². The van der Waals surface area contributed by atoms with E-state index in [1.165, 1.54) is 5.56 Å². The molecule has 0 aliphatic heterocycles. The highest BCUT2D eigenvalue weighted by atomic mass is 16.5. The number of aromatic hydroxyl groups is 1. The molecule has 31 heavy (non-hydrogen) atoms. The second kappa shape index (κ2) is 11.0. The summed E-state index contributed by atoms with van der Waals surface area (Å²) in [6.45, 7) is 0.589. The van der Waals surface area contributed by atoms with Crippen LogP contribution in [0.2, 0.25) is 0 Å². The molecule has 0 amide bonds. The van der Waals surface area contributed by atoms with Crippen molar-refractivity contribution in [3.63, 3.8) is 0 Å². The normalized spacial score (nSPS) is 17.8. The van der Waals surface area contributed by atoms with Crippen molar-refractivity contribution in [2.24, 2.45) is 5.41 Å². The quantitative estimate of drug-likeness (QED) is 0.236. The van der Waals surface area contributed by atoms with E-state index in [4.69, 9.17) is 4.74 Å². The Morgan fingerprint density at radius 3 is 2.16 bits per heavy atom. The fourth-order valence-corrected chi connectivity index (χ4v) is 4.65. The molecule has 0 spiro atoms. The van der Waals surface area contributed by atoms with E-state index in [9.17, 15) is 19.8 Å². The van der Waals surface area contributed by atoms with E-state index in [-0.39, 0.29) is 11.0 Å². The van der Waals surface area contributed by atoms with Crippen molar-refractivity contribution < 1.29 is 24.5 Å². The maximum Gasteiger partial charge on any atom is 0.309 e. The molecule has 0 atom stereocenters. The summed E-state index contributed by atoms with van der Waals surface area (Å²) in [6, 6.07) is 5.99. The molecule has 0 heterocycles. The fraction of sp³-hybridized carbons (Fsp3) is 0.692. The van der Waals surface area contributed by atoms with Crippen LogP contribution < -0.4 is 0 Å². The molecule has 2 N–H and O–H groups in total. The van der Waals surface area contributed by atoms with Gasteiger partial charge in [0.2, 0.25) is 0 Å². The van der Waals surface area contributed by atoms with Gasteiger partial charge in [-0.15, -0.1) is 0 Å². The Balaban J connectivity index is 1.27. The summed E-state index contributed by atoms with van der Waals surface area (Å²) in [4.78, 5) is 21.7. The number of benzene rings is 1. The number of hydrogen-bond donors (Lipinski definition) is 2. The van der Waals surface area contributed by atoms with E-state index in [0.717, 1.165) is 108 Å². The molecule has 2 saturated carbocycles. The van der Waals surface area contributed by atoms with Gasteiger partial charge in [-0.25, -0.2) is 0 Å². The van der Waals surface area contributed by atoms with Gasteiger partial charge < -0.3 is 14.9 Å². The zero-order valence-corrected chi connectivity index (χ0v) is 18.7. The summed E-state index contributed by atoms with van der Waals surface area (Å²) in [6.07, 6.45) is 16.2. The van der Waals surface area contributed by atoms with Gasteiger partial charge in [-0.1, -0.05) is 44.2 Å². The summed E-state index contributed by atoms with van der Waals surface area (Å²) >= 11 is 0. The lowest BCUT2D eigenvalue weighted by Gasteiger charge is -2.12. The Bertz CT molecular complexity index is 733. The van der Waals surface area contributed by atoms with Crippen molar-refractivity contribution in [2.45, 2.75) is 108 Å². The van der Waals surface area contributed by atoms with Crippen molar-refractivity contribution in [2.75, 3.05) is 0 Å². The van der Waals surface area contributed by atoms with E-state index >= 15 is 0 Å². The van der Waals surface area contributed by atoms with Crippen LogP contribution in [0.25, 0.3) is 0 Å². The smallest absolute Gasteiger partial charge is 0.309 e. The third-order valence-electron chi connectivity index (χ3n) is 7.26. The Morgan fingerprint density at radius 2 is 1.55 bits per heavy atom. The molecule has 3 rings (SSSR count). The van der Waals surface area contributed by atoms with Crippen LogP contribution in [0.3, 0.4) is 0 Å². The molecule has 1 aromatic rings. The molecular weight excluding hydrogens is 392 g/mol. The molecule has 0 bridgehead atoms. The summed E-state index contributed by atoms with van der Waals surface area (Å²) in [5.74, 6) is -0.216. The minimum Gasteiger partial charge on any atom is -0.508 e. The lowest BCUT2D eigenvalue weighted by molar-refractivity contribution is -0.143. The van der Waals surface area contributed by atoms with E-state index < -0.39 is 5.97 Å². The van der Waals surface area contributed by atoms with Crippen molar-refractivity contribution in [3.05, 3.63) is 29.3 Å². The first-order valence-corrected chi connectivity index (χ1v) is 12.1. The first kappa shape index (κ1) is 23.6. The SMILES string of the molecule is O=COC1(CCCCCCc2cc(CCCCCCC3(C(=O)O)CC3)ccc2O)CC1. The number of unbranched alkanes of at least 4 members (excludes halogenated alkanes) is 6. The molecule has 172 valence electrons. The first-order valence-electron chi connectivity index (χ1n) is 12.1. The number of carboxylic acids is 1. The van der Waals surface area contributed by atoms with E-state index in [0.29, 0.717) is 12.2 Å². The lowest BCUT2D eigenvalue weighted by atomic mass is 9.96. The summed E-state index contributed by atoms with van der Waals surface area (Å²) < 4.78 is 5.19. The molecule has 1 aromatic carbocycles. The highest BCUT2D eigenvalue weighted by molar-refractivity contribution is 5.77. The largest absolute Gasteiger partial charge is 0.508 e. The van der Waals surface area contributed by atoms with E-state index in [2.05, 4.69) is 6.07 Å². The number of carbonyl (C=O) groups excluding carboxylic acids is 1. The third kappa shape index (κ3) is 7.26. The van der Waals surface area contributed by atoms with Crippen LogP contribution in [-0.2, 0) is 27.2 Å². The topological polar surface area (TPSA) is 83.8 Å². The van der Waals surface area contributed by atoms with Crippen molar-refractivity contribution >= 4 is 12.4 Å². The van der Waals surface area contributed by atoms with Gasteiger partial charge in [0.1, 0.15) is 11.4 Å². The minimum absolute atomic E-state index is 0.135. The lowest BCUT2D eigenvalue weighted by Crippen LogP contribution is -2.14. The number of phenols is 1. The molecule has 2 aliphatic rings. The standard InChI is InChI=1S/C26H38O5/c27-20-31-26(17-18-26)14-8-4-2-6-10-22-19-21(11-12-23(22)28)9-5-1-3-7-13-25(15-16-25)24(29)30/h11-12,19-20,28H,1-10,13-18H2,(H,29,30). The molecular formula is C26H38O5. The van der Waals surface area contributed by atoms with Crippen molar-refractivity contribution in [1.29, 1.82) is 0 Å². The number of hydrogen-bond acceptors (Lipinski definition) is 4. The number of carbonyl (C=O) groups is 2. The van der Waals surface area contributed by atoms with Gasteiger partial charge in [0.25, 0.3) is 6.47 Å². The van der Waals surface area contributed by atoms with Gasteiger partial charge in [-0.3, -0.25) is 9.59 Å². The zero-order chi connectivity index (χ0) is 22.2. The molecule has 0 radical (unpaired) electrons. The summed E-state index contributed by atoms with van der Waals surface area (Å²) in [5.41, 5.74) is 1.80. The number of rotatable bonds is 17. The Kier molecular flexibility index (Phi) is 8.39. The van der Waals surface area contributed by atoms with Crippen LogP contribution >= 0.6 is 0 Å². The second-order valence-corrected chi connectivity index (χ2v) is 9.77. The number of phenolic OH excluding ortho intramolecular Hbond substituents is 1. The van der Waals surface area contributed by atoms with Crippen LogP contribution in [-0.4, -0.2) is 28.3 Å². The predicted molar refractivity (Wildman–Crippen MR) is 120 cm³/mol. The number of carboxylic acid groups (broad SMARTS) is 1. The maximum absolute atomic E-state index is 11.2. The molecule has 2 fully saturated rings. The van der Waals surface area contributed by atoms with Gasteiger partial charge in [0.15, 0.2) is 0 Å². The number of aryl methyl sites for hydroxylation is 2. The average molecular weight is 431 g/mol. The van der Waals surface area contributed by atoms with Gasteiger partial charge in [0.05, 0.1) is 5.41 Å². The highest BCUT2D eigenvalue weighted by Gasteiger charge is 2.49. The summed E-state index contributed by atoms with van der Waals surface area (Å²) in [7, 11) is 0. The third-order valence-corrected chi connectivity index (χ3v) is 7.26. The maximum atomic E-state index is 11.2. The molecule has 2 aliphatic carbocycles. The second-order valence-electron chi connectivity index (χ2n) is 9.77. The predicted octanol–water partition coefficient (Wildman–Crippen LogP) is 5.95. The molecule has 5 heteroatoms. The Labute approximate surface area is 186 Å². The Morgan fingerprint density at radius 1 is 0.903 bits per heavy atom. The van der Waals surface area contributed by atoms with Crippen LogP contribution in [0.15, 0.2) is 18.2 Å². The van der Waals surface area contributed by atoms with Crippen LogP contribution in [0.5, 0.6) is 5.75 Å². The molecule has 5 nitrogen and oxygen atoms in total. The van der Waals surface area contributed by atoms with Crippen molar-refractivity contribution in [1.82, 2.24) is 0 Å². The molecule has 0 unspecified atom stereocenters.